The number of hydrogen-bond acceptors (Lipinski definition) is 4. The minimum Gasteiger partial charge on any atom is -0.491 e. The van der Waals surface area contributed by atoms with Crippen LogP contribution in [0.3, 0.4) is 0 Å². The molecule has 0 bridgehead atoms. The van der Waals surface area contributed by atoms with E-state index in [-0.39, 0.29) is 6.10 Å². The van der Waals surface area contributed by atoms with Crippen LogP contribution in [0, 0.1) is 0 Å². The number of anilines is 1. The number of carbonyl (C=O) groups is 1. The fourth-order valence-electron chi connectivity index (χ4n) is 2.41. The monoisotopic (exact) mass is 444 g/mol. The minimum atomic E-state index is -3.86. The van der Waals surface area contributed by atoms with Gasteiger partial charge in [-0.2, -0.15) is 0 Å². The number of sulfonamides is 1. The zero-order valence-corrected chi connectivity index (χ0v) is 18.0. The van der Waals surface area contributed by atoms with E-state index in [4.69, 9.17) is 27.9 Å². The van der Waals surface area contributed by atoms with Gasteiger partial charge >= 0.3 is 0 Å². The van der Waals surface area contributed by atoms with Crippen molar-refractivity contribution in [2.24, 2.45) is 0 Å². The van der Waals surface area contributed by atoms with Crippen molar-refractivity contribution in [3.8, 4) is 5.75 Å². The van der Waals surface area contributed by atoms with Gasteiger partial charge in [0.05, 0.1) is 22.2 Å². The molecule has 0 saturated heterocycles. The van der Waals surface area contributed by atoms with Crippen molar-refractivity contribution in [1.29, 1.82) is 0 Å². The van der Waals surface area contributed by atoms with Gasteiger partial charge in [0.2, 0.25) is 15.9 Å². The number of ether oxygens (including phenoxy) is 1. The Hall–Kier alpha value is -1.96. The molecule has 28 heavy (non-hydrogen) atoms. The first-order valence-electron chi connectivity index (χ1n) is 8.57. The summed E-state index contributed by atoms with van der Waals surface area (Å²) in [5.41, 5.74) is 1.07. The van der Waals surface area contributed by atoms with Gasteiger partial charge in [-0.05, 0) is 62.7 Å². The van der Waals surface area contributed by atoms with Crippen LogP contribution in [0.2, 0.25) is 10.0 Å². The standard InChI is InChI=1S/C19H22Cl2N2O4S/c1-12(2)27-16-7-5-15(6-8-16)23-28(25,26)11-19(24)22-13(3)14-4-9-17(20)18(21)10-14/h4-10,12-13,23H,11H2,1-3H3,(H,22,24). The summed E-state index contributed by atoms with van der Waals surface area (Å²) in [5.74, 6) is -0.708. The van der Waals surface area contributed by atoms with Gasteiger partial charge in [0.1, 0.15) is 11.5 Å². The van der Waals surface area contributed by atoms with Crippen LogP contribution in [-0.4, -0.2) is 26.2 Å². The molecule has 0 heterocycles. The fraction of sp³-hybridized carbons (Fsp3) is 0.316. The summed E-state index contributed by atoms with van der Waals surface area (Å²) in [6.45, 7) is 5.52. The van der Waals surface area contributed by atoms with Gasteiger partial charge in [-0.25, -0.2) is 8.42 Å². The maximum Gasteiger partial charge on any atom is 0.241 e. The maximum absolute atomic E-state index is 12.2. The first-order chi connectivity index (χ1) is 13.1. The Morgan fingerprint density at radius 1 is 1.04 bits per heavy atom. The quantitative estimate of drug-likeness (QED) is 0.631. The summed E-state index contributed by atoms with van der Waals surface area (Å²) in [7, 11) is -3.86. The number of halogens is 2. The Labute approximate surface area is 175 Å². The predicted octanol–water partition coefficient (Wildman–Crippen LogP) is 4.40. The molecule has 0 aromatic heterocycles. The molecule has 6 nitrogen and oxygen atoms in total. The summed E-state index contributed by atoms with van der Waals surface area (Å²) >= 11 is 11.8. The molecule has 0 fully saturated rings. The molecule has 2 rings (SSSR count). The molecule has 0 radical (unpaired) electrons. The van der Waals surface area contributed by atoms with Crippen molar-refractivity contribution < 1.29 is 17.9 Å². The number of hydrogen-bond donors (Lipinski definition) is 2. The average Bonchev–Trinajstić information content (AvgIpc) is 2.57. The van der Waals surface area contributed by atoms with Crippen molar-refractivity contribution in [2.45, 2.75) is 32.9 Å². The summed E-state index contributed by atoms with van der Waals surface area (Å²) in [5, 5.41) is 3.40. The summed E-state index contributed by atoms with van der Waals surface area (Å²) in [6.07, 6.45) is 0.0174. The molecule has 1 amide bonds. The highest BCUT2D eigenvalue weighted by Gasteiger charge is 2.19. The van der Waals surface area contributed by atoms with Crippen LogP contribution in [0.4, 0.5) is 5.69 Å². The van der Waals surface area contributed by atoms with Crippen LogP contribution >= 0.6 is 23.2 Å². The maximum atomic E-state index is 12.2. The summed E-state index contributed by atoms with van der Waals surface area (Å²) in [6, 6.07) is 11.0. The highest BCUT2D eigenvalue weighted by atomic mass is 35.5. The molecule has 1 atom stereocenters. The molecule has 0 aliphatic carbocycles. The molecule has 2 aromatic carbocycles. The van der Waals surface area contributed by atoms with Gasteiger partial charge in [-0.3, -0.25) is 9.52 Å². The molecular weight excluding hydrogens is 423 g/mol. The summed E-state index contributed by atoms with van der Waals surface area (Å²) in [4.78, 5) is 12.2. The van der Waals surface area contributed by atoms with Gasteiger partial charge in [-0.15, -0.1) is 0 Å². The Balaban J connectivity index is 1.95. The predicted molar refractivity (Wildman–Crippen MR) is 113 cm³/mol. The molecular formula is C19H22Cl2N2O4S. The van der Waals surface area contributed by atoms with Crippen LogP contribution in [0.5, 0.6) is 5.75 Å². The third kappa shape index (κ3) is 6.89. The lowest BCUT2D eigenvalue weighted by Crippen LogP contribution is -2.34. The number of nitrogens with one attached hydrogen (secondary N) is 2. The van der Waals surface area contributed by atoms with E-state index in [1.807, 2.05) is 13.8 Å². The van der Waals surface area contributed by atoms with Gasteiger partial charge in [-0.1, -0.05) is 29.3 Å². The molecule has 0 saturated carbocycles. The first kappa shape index (κ1) is 22.3. The smallest absolute Gasteiger partial charge is 0.241 e. The van der Waals surface area contributed by atoms with E-state index in [0.29, 0.717) is 27.0 Å². The van der Waals surface area contributed by atoms with E-state index in [1.54, 1.807) is 49.4 Å². The van der Waals surface area contributed by atoms with E-state index in [2.05, 4.69) is 10.0 Å². The highest BCUT2D eigenvalue weighted by Crippen LogP contribution is 2.25. The SMILES string of the molecule is CC(C)Oc1ccc(NS(=O)(=O)CC(=O)NC(C)c2ccc(Cl)c(Cl)c2)cc1. The van der Waals surface area contributed by atoms with E-state index < -0.39 is 27.7 Å². The van der Waals surface area contributed by atoms with Crippen LogP contribution in [0.1, 0.15) is 32.4 Å². The average molecular weight is 445 g/mol. The van der Waals surface area contributed by atoms with E-state index in [9.17, 15) is 13.2 Å². The second-order valence-electron chi connectivity index (χ2n) is 6.51. The largest absolute Gasteiger partial charge is 0.491 e. The molecule has 1 unspecified atom stereocenters. The van der Waals surface area contributed by atoms with Crippen LogP contribution < -0.4 is 14.8 Å². The Kier molecular flexibility index (Phi) is 7.57. The third-order valence-electron chi connectivity index (χ3n) is 3.64. The molecule has 0 aliphatic heterocycles. The lowest BCUT2D eigenvalue weighted by atomic mass is 10.1. The van der Waals surface area contributed by atoms with Crippen molar-refractivity contribution in [3.63, 3.8) is 0 Å². The minimum absolute atomic E-state index is 0.0174. The van der Waals surface area contributed by atoms with Gasteiger partial charge < -0.3 is 10.1 Å². The molecule has 152 valence electrons. The van der Waals surface area contributed by atoms with Crippen molar-refractivity contribution in [1.82, 2.24) is 5.32 Å². The van der Waals surface area contributed by atoms with Gasteiger partial charge in [0.25, 0.3) is 0 Å². The summed E-state index contributed by atoms with van der Waals surface area (Å²) < 4.78 is 32.4. The molecule has 0 spiro atoms. The first-order valence-corrected chi connectivity index (χ1v) is 11.0. The molecule has 2 aromatic rings. The van der Waals surface area contributed by atoms with E-state index in [0.717, 1.165) is 0 Å². The van der Waals surface area contributed by atoms with Crippen LogP contribution in [0.15, 0.2) is 42.5 Å². The van der Waals surface area contributed by atoms with E-state index in [1.165, 1.54) is 0 Å². The van der Waals surface area contributed by atoms with Crippen LogP contribution in [0.25, 0.3) is 0 Å². The second kappa shape index (κ2) is 9.49. The normalized spacial score (nSPS) is 12.5. The van der Waals surface area contributed by atoms with Crippen molar-refractivity contribution in [2.75, 3.05) is 10.5 Å². The highest BCUT2D eigenvalue weighted by molar-refractivity contribution is 7.93. The van der Waals surface area contributed by atoms with Gasteiger partial charge in [0.15, 0.2) is 0 Å². The van der Waals surface area contributed by atoms with Gasteiger partial charge in [0, 0.05) is 5.69 Å². The Bertz CT molecular complexity index is 931. The number of amides is 1. The Morgan fingerprint density at radius 3 is 2.25 bits per heavy atom. The zero-order chi connectivity index (χ0) is 20.9. The Morgan fingerprint density at radius 2 is 1.68 bits per heavy atom. The third-order valence-corrected chi connectivity index (χ3v) is 5.57. The molecule has 9 heteroatoms. The van der Waals surface area contributed by atoms with Crippen molar-refractivity contribution >= 4 is 44.8 Å². The number of carbonyl (C=O) groups excluding carboxylic acids is 1. The van der Waals surface area contributed by atoms with Crippen LogP contribution in [-0.2, 0) is 14.8 Å². The lowest BCUT2D eigenvalue weighted by Gasteiger charge is -2.16. The van der Waals surface area contributed by atoms with E-state index >= 15 is 0 Å². The topological polar surface area (TPSA) is 84.5 Å². The zero-order valence-electron chi connectivity index (χ0n) is 15.7. The second-order valence-corrected chi connectivity index (χ2v) is 9.05. The number of rotatable bonds is 8. The fourth-order valence-corrected chi connectivity index (χ4v) is 3.71. The molecule has 0 aliphatic rings. The van der Waals surface area contributed by atoms with Crippen molar-refractivity contribution in [3.05, 3.63) is 58.1 Å². The number of benzene rings is 2. The molecule has 2 N–H and O–H groups in total. The lowest BCUT2D eigenvalue weighted by molar-refractivity contribution is -0.119.